The third-order valence-electron chi connectivity index (χ3n) is 1.22. The number of carbonyl (C=O) groups is 1. The van der Waals surface area contributed by atoms with Crippen molar-refractivity contribution in [3.63, 3.8) is 0 Å². The van der Waals surface area contributed by atoms with E-state index in [1.165, 1.54) is 0 Å². The van der Waals surface area contributed by atoms with Gasteiger partial charge in [-0.25, -0.2) is 4.79 Å². The van der Waals surface area contributed by atoms with E-state index in [0.717, 1.165) is 0 Å². The Morgan fingerprint density at radius 1 is 1.23 bits per heavy atom. The molecule has 0 amide bonds. The van der Waals surface area contributed by atoms with Crippen LogP contribution in [0, 0.1) is 0 Å². The summed E-state index contributed by atoms with van der Waals surface area (Å²) < 4.78 is 4.57. The second-order valence-corrected chi connectivity index (χ2v) is 1.96. The van der Waals surface area contributed by atoms with E-state index in [-0.39, 0.29) is 37.5 Å². The Morgan fingerprint density at radius 2 is 1.77 bits per heavy atom. The number of nitrogens with two attached hydrogens (primary N) is 1. The summed E-state index contributed by atoms with van der Waals surface area (Å²) in [4.78, 5) is 10.9. The number of benzene rings is 1. The highest BCUT2D eigenvalue weighted by molar-refractivity contribution is 5.89. The van der Waals surface area contributed by atoms with Gasteiger partial charge in [0.05, 0.1) is 5.56 Å². The van der Waals surface area contributed by atoms with Crippen molar-refractivity contribution in [2.75, 3.05) is 6.73 Å². The summed E-state index contributed by atoms with van der Waals surface area (Å²) in [6.45, 7) is -0.0757. The van der Waals surface area contributed by atoms with Crippen LogP contribution in [0.25, 0.3) is 0 Å². The molecule has 0 fully saturated rings. The number of halogens is 2. The zero-order valence-corrected chi connectivity index (χ0v) is 8.44. The number of rotatable bonds is 2. The third kappa shape index (κ3) is 4.72. The quantitative estimate of drug-likeness (QED) is 0.613. The summed E-state index contributed by atoms with van der Waals surface area (Å²) in [6.07, 6.45) is 0. The van der Waals surface area contributed by atoms with Crippen molar-refractivity contribution in [2.24, 2.45) is 5.73 Å². The lowest BCUT2D eigenvalue weighted by Gasteiger charge is -1.99. The van der Waals surface area contributed by atoms with Gasteiger partial charge in [0.1, 0.15) is 6.73 Å². The normalized spacial score (nSPS) is 7.77. The molecule has 0 aliphatic rings. The molecule has 0 heterocycles. The second kappa shape index (κ2) is 7.86. The molecule has 3 nitrogen and oxygen atoms in total. The molecule has 5 heteroatoms. The van der Waals surface area contributed by atoms with Crippen LogP contribution in [0.4, 0.5) is 0 Å². The first kappa shape index (κ1) is 14.7. The lowest BCUT2D eigenvalue weighted by Crippen LogP contribution is -2.11. The van der Waals surface area contributed by atoms with Crippen LogP contribution >= 0.6 is 24.8 Å². The van der Waals surface area contributed by atoms with E-state index >= 15 is 0 Å². The number of carbonyl (C=O) groups excluding carboxylic acids is 1. The van der Waals surface area contributed by atoms with Crippen molar-refractivity contribution >= 4 is 30.8 Å². The van der Waals surface area contributed by atoms with Gasteiger partial charge in [0, 0.05) is 0 Å². The molecule has 0 spiro atoms. The molecule has 0 saturated carbocycles. The van der Waals surface area contributed by atoms with Crippen molar-refractivity contribution in [1.82, 2.24) is 0 Å². The van der Waals surface area contributed by atoms with Crippen LogP contribution in [0.5, 0.6) is 0 Å². The molecule has 2 N–H and O–H groups in total. The Morgan fingerprint density at radius 3 is 2.23 bits per heavy atom. The summed E-state index contributed by atoms with van der Waals surface area (Å²) in [6, 6.07) is 8.73. The van der Waals surface area contributed by atoms with Gasteiger partial charge in [-0.05, 0) is 12.1 Å². The number of esters is 1. The zero-order chi connectivity index (χ0) is 8.10. The van der Waals surface area contributed by atoms with Gasteiger partial charge < -0.3 is 4.74 Å². The maximum absolute atomic E-state index is 10.9. The molecule has 0 aliphatic carbocycles. The fraction of sp³-hybridized carbons (Fsp3) is 0.125. The van der Waals surface area contributed by atoms with E-state index in [1.807, 2.05) is 6.07 Å². The Hall–Kier alpha value is -0.770. The minimum Gasteiger partial charge on any atom is -0.446 e. The molecule has 1 aromatic carbocycles. The molecule has 1 rings (SSSR count). The van der Waals surface area contributed by atoms with E-state index < -0.39 is 0 Å². The van der Waals surface area contributed by atoms with E-state index in [2.05, 4.69) is 4.74 Å². The molecule has 0 unspecified atom stereocenters. The molecular formula is C8H11Cl2NO2. The lowest BCUT2D eigenvalue weighted by molar-refractivity contribution is 0.0515. The lowest BCUT2D eigenvalue weighted by atomic mass is 10.2. The number of hydrogen-bond donors (Lipinski definition) is 1. The molecule has 0 aliphatic heterocycles. The van der Waals surface area contributed by atoms with Crippen molar-refractivity contribution in [2.45, 2.75) is 0 Å². The molecule has 0 aromatic heterocycles. The predicted molar refractivity (Wildman–Crippen MR) is 55.4 cm³/mol. The average molecular weight is 224 g/mol. The Bertz CT molecular complexity index is 241. The fourth-order valence-corrected chi connectivity index (χ4v) is 0.733. The van der Waals surface area contributed by atoms with Gasteiger partial charge in [-0.15, -0.1) is 24.8 Å². The zero-order valence-electron chi connectivity index (χ0n) is 6.80. The maximum Gasteiger partial charge on any atom is 0.339 e. The van der Waals surface area contributed by atoms with Gasteiger partial charge in [0.2, 0.25) is 0 Å². The minimum absolute atomic E-state index is 0. The van der Waals surface area contributed by atoms with Crippen molar-refractivity contribution < 1.29 is 9.53 Å². The third-order valence-corrected chi connectivity index (χ3v) is 1.22. The largest absolute Gasteiger partial charge is 0.446 e. The Labute approximate surface area is 89.1 Å². The molecule has 13 heavy (non-hydrogen) atoms. The van der Waals surface area contributed by atoms with Crippen LogP contribution < -0.4 is 5.73 Å². The van der Waals surface area contributed by atoms with Crippen molar-refractivity contribution in [3.8, 4) is 0 Å². The van der Waals surface area contributed by atoms with Crippen LogP contribution in [-0.4, -0.2) is 12.7 Å². The van der Waals surface area contributed by atoms with E-state index in [4.69, 9.17) is 5.73 Å². The maximum atomic E-state index is 10.9. The monoisotopic (exact) mass is 223 g/mol. The highest BCUT2D eigenvalue weighted by atomic mass is 35.5. The van der Waals surface area contributed by atoms with Gasteiger partial charge in [0.15, 0.2) is 0 Å². The van der Waals surface area contributed by atoms with Gasteiger partial charge >= 0.3 is 5.97 Å². The van der Waals surface area contributed by atoms with Crippen LogP contribution in [0.1, 0.15) is 10.4 Å². The first-order valence-corrected chi connectivity index (χ1v) is 3.27. The summed E-state index contributed by atoms with van der Waals surface area (Å²) in [5, 5.41) is 0. The van der Waals surface area contributed by atoms with E-state index in [9.17, 15) is 4.79 Å². The topological polar surface area (TPSA) is 52.3 Å². The van der Waals surface area contributed by atoms with Crippen LogP contribution in [0.15, 0.2) is 30.3 Å². The first-order valence-electron chi connectivity index (χ1n) is 3.27. The van der Waals surface area contributed by atoms with E-state index in [0.29, 0.717) is 5.56 Å². The standard InChI is InChI=1S/C8H9NO2.2ClH/c9-6-11-8(10)7-4-2-1-3-5-7;;/h1-5H,6,9H2;2*1H. The van der Waals surface area contributed by atoms with Crippen LogP contribution in [0.2, 0.25) is 0 Å². The summed E-state index contributed by atoms with van der Waals surface area (Å²) in [7, 11) is 0. The number of ether oxygens (including phenoxy) is 1. The second-order valence-electron chi connectivity index (χ2n) is 1.96. The van der Waals surface area contributed by atoms with Crippen molar-refractivity contribution in [1.29, 1.82) is 0 Å². The van der Waals surface area contributed by atoms with Crippen molar-refractivity contribution in [3.05, 3.63) is 35.9 Å². The summed E-state index contributed by atoms with van der Waals surface area (Å²) in [5.74, 6) is -0.381. The molecular weight excluding hydrogens is 213 g/mol. The van der Waals surface area contributed by atoms with Gasteiger partial charge in [-0.1, -0.05) is 18.2 Å². The summed E-state index contributed by atoms with van der Waals surface area (Å²) in [5.41, 5.74) is 5.55. The predicted octanol–water partition coefficient (Wildman–Crippen LogP) is 1.60. The number of hydrogen-bond acceptors (Lipinski definition) is 3. The average Bonchev–Trinajstić information content (AvgIpc) is 2.07. The smallest absolute Gasteiger partial charge is 0.339 e. The highest BCUT2D eigenvalue weighted by Crippen LogP contribution is 1.99. The first-order chi connectivity index (χ1) is 5.34. The summed E-state index contributed by atoms with van der Waals surface area (Å²) >= 11 is 0. The van der Waals surface area contributed by atoms with Crippen LogP contribution in [0.3, 0.4) is 0 Å². The minimum atomic E-state index is -0.381. The molecule has 0 saturated heterocycles. The molecule has 74 valence electrons. The Kier molecular flexibility index (Phi) is 8.91. The Balaban J connectivity index is 0. The molecule has 0 bridgehead atoms. The molecule has 1 aromatic rings. The SMILES string of the molecule is Cl.Cl.NCOC(=O)c1ccccc1. The van der Waals surface area contributed by atoms with Gasteiger partial charge in [-0.3, -0.25) is 5.73 Å². The molecule has 0 radical (unpaired) electrons. The highest BCUT2D eigenvalue weighted by Gasteiger charge is 2.02. The van der Waals surface area contributed by atoms with E-state index in [1.54, 1.807) is 24.3 Å². The van der Waals surface area contributed by atoms with Gasteiger partial charge in [-0.2, -0.15) is 0 Å². The fourth-order valence-electron chi connectivity index (χ4n) is 0.733. The van der Waals surface area contributed by atoms with Gasteiger partial charge in [0.25, 0.3) is 0 Å². The molecule has 0 atom stereocenters. The van der Waals surface area contributed by atoms with Crippen LogP contribution in [-0.2, 0) is 4.74 Å².